The second-order valence-electron chi connectivity index (χ2n) is 4.23. The first-order chi connectivity index (χ1) is 8.31. The zero-order valence-corrected chi connectivity index (χ0v) is 11.5. The molecule has 1 aromatic rings. The van der Waals surface area contributed by atoms with Crippen LogP contribution in [0.5, 0.6) is 0 Å². The van der Waals surface area contributed by atoms with Gasteiger partial charge in [0.15, 0.2) is 0 Å². The average molecular weight is 254 g/mol. The third kappa shape index (κ3) is 4.77. The normalized spacial score (nSPS) is 10.5. The van der Waals surface area contributed by atoms with Crippen molar-refractivity contribution >= 4 is 23.4 Å². The maximum Gasteiger partial charge on any atom is 0.207 e. The van der Waals surface area contributed by atoms with E-state index in [-0.39, 0.29) is 0 Å². The van der Waals surface area contributed by atoms with Crippen LogP contribution >= 0.6 is 11.3 Å². The second kappa shape index (κ2) is 8.12. The molecular weight excluding hydrogens is 232 g/mol. The van der Waals surface area contributed by atoms with Gasteiger partial charge in [-0.25, -0.2) is 0 Å². The number of carbonyl (C=O) groups is 1. The lowest BCUT2D eigenvalue weighted by atomic mass is 10.1. The van der Waals surface area contributed by atoms with E-state index in [9.17, 15) is 4.79 Å². The molecule has 0 aliphatic carbocycles. The molecule has 96 valence electrons. The molecule has 1 rings (SSSR count). The van der Waals surface area contributed by atoms with Gasteiger partial charge >= 0.3 is 0 Å². The summed E-state index contributed by atoms with van der Waals surface area (Å²) < 4.78 is 0. The molecule has 0 bridgehead atoms. The molecular formula is C13H22N2OS. The lowest BCUT2D eigenvalue weighted by molar-refractivity contribution is -0.109. The number of carbonyl (C=O) groups excluding carboxylic acids is 1. The van der Waals surface area contributed by atoms with Crippen LogP contribution in [0.3, 0.4) is 0 Å². The summed E-state index contributed by atoms with van der Waals surface area (Å²) in [7, 11) is 0. The van der Waals surface area contributed by atoms with Gasteiger partial charge in [0.05, 0.1) is 5.69 Å². The fraction of sp³-hybridized carbons (Fsp3) is 0.615. The highest BCUT2D eigenvalue weighted by atomic mass is 32.1. The highest BCUT2D eigenvalue weighted by Gasteiger charge is 2.09. The maximum atomic E-state index is 10.3. The van der Waals surface area contributed by atoms with E-state index in [4.69, 9.17) is 0 Å². The van der Waals surface area contributed by atoms with Crippen LogP contribution < -0.4 is 10.6 Å². The largest absolute Gasteiger partial charge is 0.381 e. The Morgan fingerprint density at radius 3 is 2.59 bits per heavy atom. The van der Waals surface area contributed by atoms with E-state index in [1.807, 2.05) is 0 Å². The van der Waals surface area contributed by atoms with E-state index in [2.05, 4.69) is 35.2 Å². The summed E-state index contributed by atoms with van der Waals surface area (Å²) >= 11 is 1.68. The molecule has 0 unspecified atom stereocenters. The average Bonchev–Trinajstić information content (AvgIpc) is 2.74. The van der Waals surface area contributed by atoms with Crippen molar-refractivity contribution in [1.29, 1.82) is 0 Å². The van der Waals surface area contributed by atoms with Gasteiger partial charge in [0.25, 0.3) is 0 Å². The summed E-state index contributed by atoms with van der Waals surface area (Å²) in [5.74, 6) is 0. The summed E-state index contributed by atoms with van der Waals surface area (Å²) in [6.45, 7) is 5.04. The van der Waals surface area contributed by atoms with E-state index in [0.717, 1.165) is 6.41 Å². The van der Waals surface area contributed by atoms with Crippen LogP contribution in [0.15, 0.2) is 10.8 Å². The van der Waals surface area contributed by atoms with Gasteiger partial charge in [0.1, 0.15) is 0 Å². The molecule has 0 spiro atoms. The predicted octanol–water partition coefficient (Wildman–Crippen LogP) is 3.37. The number of nitrogens with one attached hydrogen (secondary N) is 2. The van der Waals surface area contributed by atoms with Gasteiger partial charge in [0.2, 0.25) is 6.41 Å². The van der Waals surface area contributed by atoms with E-state index in [0.29, 0.717) is 12.6 Å². The Balaban J connectivity index is 2.57. The van der Waals surface area contributed by atoms with Crippen LogP contribution in [0, 0.1) is 0 Å². The molecule has 17 heavy (non-hydrogen) atoms. The molecule has 0 radical (unpaired) electrons. The molecule has 0 saturated carbocycles. The number of anilines is 1. The summed E-state index contributed by atoms with van der Waals surface area (Å²) in [6, 6.07) is 0.551. The lowest BCUT2D eigenvalue weighted by Gasteiger charge is -2.19. The molecule has 2 N–H and O–H groups in total. The summed E-state index contributed by atoms with van der Waals surface area (Å²) in [5.41, 5.74) is 2.36. The van der Waals surface area contributed by atoms with E-state index in [1.54, 1.807) is 11.3 Å². The van der Waals surface area contributed by atoms with Crippen molar-refractivity contribution in [3.8, 4) is 0 Å². The van der Waals surface area contributed by atoms with Crippen LogP contribution in [0.4, 0.5) is 5.69 Å². The molecule has 0 aliphatic heterocycles. The number of hydrogen-bond donors (Lipinski definition) is 2. The zero-order chi connectivity index (χ0) is 12.5. The molecule has 1 amide bonds. The van der Waals surface area contributed by atoms with Crippen LogP contribution in [0.2, 0.25) is 0 Å². The Bertz CT molecular complexity index is 319. The van der Waals surface area contributed by atoms with Gasteiger partial charge < -0.3 is 10.6 Å². The van der Waals surface area contributed by atoms with E-state index >= 15 is 0 Å². The predicted molar refractivity (Wildman–Crippen MR) is 74.4 cm³/mol. The monoisotopic (exact) mass is 254 g/mol. The van der Waals surface area contributed by atoms with Crippen molar-refractivity contribution < 1.29 is 4.79 Å². The highest BCUT2D eigenvalue weighted by molar-refractivity contribution is 7.08. The molecule has 0 fully saturated rings. The molecule has 1 aromatic heterocycles. The Labute approximate surface area is 108 Å². The maximum absolute atomic E-state index is 10.3. The van der Waals surface area contributed by atoms with Gasteiger partial charge in [-0.1, -0.05) is 26.7 Å². The van der Waals surface area contributed by atoms with Gasteiger partial charge in [-0.3, -0.25) is 4.79 Å². The third-order valence-corrected chi connectivity index (χ3v) is 3.54. The minimum Gasteiger partial charge on any atom is -0.381 e. The van der Waals surface area contributed by atoms with Crippen molar-refractivity contribution in [3.05, 3.63) is 16.3 Å². The fourth-order valence-corrected chi connectivity index (χ4v) is 2.74. The highest BCUT2D eigenvalue weighted by Crippen LogP contribution is 2.23. The molecule has 0 aromatic carbocycles. The first kappa shape index (κ1) is 14.0. The van der Waals surface area contributed by atoms with Crippen LogP contribution in [0.1, 0.15) is 45.1 Å². The first-order valence-electron chi connectivity index (χ1n) is 6.30. The van der Waals surface area contributed by atoms with Gasteiger partial charge in [-0.05, 0) is 18.2 Å². The van der Waals surface area contributed by atoms with E-state index in [1.165, 1.54) is 36.9 Å². The van der Waals surface area contributed by atoms with Crippen LogP contribution in [0.25, 0.3) is 0 Å². The first-order valence-corrected chi connectivity index (χ1v) is 7.24. The van der Waals surface area contributed by atoms with Crippen LogP contribution in [-0.2, 0) is 11.3 Å². The van der Waals surface area contributed by atoms with Gasteiger partial charge in [-0.2, -0.15) is 0 Å². The molecule has 4 heteroatoms. The smallest absolute Gasteiger partial charge is 0.207 e. The summed E-state index contributed by atoms with van der Waals surface area (Å²) in [5, 5.41) is 10.5. The minimum atomic E-state index is 0.551. The Kier molecular flexibility index (Phi) is 6.70. The fourth-order valence-electron chi connectivity index (χ4n) is 1.94. The summed E-state index contributed by atoms with van der Waals surface area (Å²) in [4.78, 5) is 10.3. The van der Waals surface area contributed by atoms with Crippen LogP contribution in [-0.4, -0.2) is 12.5 Å². The van der Waals surface area contributed by atoms with Gasteiger partial charge in [-0.15, -0.1) is 11.3 Å². The zero-order valence-electron chi connectivity index (χ0n) is 10.7. The van der Waals surface area contributed by atoms with Crippen molar-refractivity contribution in [2.75, 3.05) is 5.32 Å². The van der Waals surface area contributed by atoms with Crippen molar-refractivity contribution in [2.45, 2.75) is 52.1 Å². The quantitative estimate of drug-likeness (QED) is 0.663. The number of thiophene rings is 1. The number of hydrogen-bond acceptors (Lipinski definition) is 3. The topological polar surface area (TPSA) is 41.1 Å². The van der Waals surface area contributed by atoms with Crippen molar-refractivity contribution in [2.24, 2.45) is 0 Å². The second-order valence-corrected chi connectivity index (χ2v) is 4.97. The Morgan fingerprint density at radius 1 is 1.29 bits per heavy atom. The molecule has 0 atom stereocenters. The van der Waals surface area contributed by atoms with Crippen molar-refractivity contribution in [3.63, 3.8) is 0 Å². The van der Waals surface area contributed by atoms with Crippen molar-refractivity contribution in [1.82, 2.24) is 5.32 Å². The standard InChI is InChI=1S/C13H22N2OS/c1-3-5-12(6-4-2)15-13-9-17-8-11(13)7-14-10-16/h8-10,12,15H,3-7H2,1-2H3,(H,14,16). The minimum absolute atomic E-state index is 0.551. The Morgan fingerprint density at radius 2 is 2.00 bits per heavy atom. The molecule has 0 aliphatic rings. The lowest BCUT2D eigenvalue weighted by Crippen LogP contribution is -2.20. The Hall–Kier alpha value is -1.03. The van der Waals surface area contributed by atoms with Gasteiger partial charge in [0, 0.05) is 23.5 Å². The number of rotatable bonds is 9. The number of amides is 1. The third-order valence-electron chi connectivity index (χ3n) is 2.75. The SMILES string of the molecule is CCCC(CCC)Nc1cscc1CNC=O. The summed E-state index contributed by atoms with van der Waals surface area (Å²) in [6.07, 6.45) is 5.54. The molecule has 3 nitrogen and oxygen atoms in total. The molecule has 0 saturated heterocycles. The van der Waals surface area contributed by atoms with E-state index < -0.39 is 0 Å². The molecule has 1 heterocycles.